The number of hydrogen-bond acceptors (Lipinski definition) is 6. The first-order chi connectivity index (χ1) is 8.56. The molecule has 110 valence electrons. The molecule has 1 aliphatic heterocycles. The highest BCUT2D eigenvalue weighted by Gasteiger charge is 2.41. The summed E-state index contributed by atoms with van der Waals surface area (Å²) in [7, 11) is -2.20. The summed E-state index contributed by atoms with van der Waals surface area (Å²) in [5.41, 5.74) is -0.714. The van der Waals surface area contributed by atoms with E-state index in [-0.39, 0.29) is 12.3 Å². The highest BCUT2D eigenvalue weighted by atomic mass is 32.2. The zero-order chi connectivity index (χ0) is 14.8. The molecule has 0 saturated carbocycles. The van der Waals surface area contributed by atoms with E-state index in [1.165, 1.54) is 0 Å². The Morgan fingerprint density at radius 3 is 2.32 bits per heavy atom. The summed E-state index contributed by atoms with van der Waals surface area (Å²) in [5.74, 6) is -1.37. The highest BCUT2D eigenvalue weighted by Crippen LogP contribution is 2.17. The molecule has 1 amide bonds. The number of esters is 1. The Labute approximate surface area is 112 Å². The molecule has 0 unspecified atom stereocenters. The van der Waals surface area contributed by atoms with Gasteiger partial charge in [0.15, 0.2) is 9.84 Å². The quantitative estimate of drug-likeness (QED) is 0.641. The van der Waals surface area contributed by atoms with Gasteiger partial charge in [0.1, 0.15) is 11.6 Å². The van der Waals surface area contributed by atoms with Crippen LogP contribution in [0.3, 0.4) is 0 Å². The van der Waals surface area contributed by atoms with E-state index in [4.69, 9.17) is 4.74 Å². The molecule has 0 spiro atoms. The number of rotatable bonds is 1. The van der Waals surface area contributed by atoms with Crippen molar-refractivity contribution in [1.82, 2.24) is 4.90 Å². The second kappa shape index (κ2) is 5.36. The molecule has 0 N–H and O–H groups in total. The fourth-order valence-corrected chi connectivity index (χ4v) is 3.12. The molecule has 0 aromatic heterocycles. The zero-order valence-corrected chi connectivity index (χ0v) is 12.3. The molecule has 1 saturated heterocycles. The van der Waals surface area contributed by atoms with Crippen molar-refractivity contribution in [2.24, 2.45) is 0 Å². The number of amides is 1. The maximum atomic E-state index is 12.0. The molecule has 1 fully saturated rings. The largest absolute Gasteiger partial charge is 0.467 e. The van der Waals surface area contributed by atoms with Gasteiger partial charge in [-0.05, 0) is 20.8 Å². The van der Waals surface area contributed by atoms with Gasteiger partial charge in [-0.2, -0.15) is 0 Å². The standard InChI is InChI=1S/C11H19NO6S/c1-11(2,3)18-10(14)12-5-6-19(15,16)7-8(12)9(13)17-4/h8H,5-7H2,1-4H3/t8-/m0/s1. The van der Waals surface area contributed by atoms with E-state index in [1.807, 2.05) is 0 Å². The van der Waals surface area contributed by atoms with Crippen LogP contribution < -0.4 is 0 Å². The molecule has 0 radical (unpaired) electrons. The molecule has 1 heterocycles. The Bertz CT molecular complexity index is 464. The van der Waals surface area contributed by atoms with Crippen molar-refractivity contribution >= 4 is 21.9 Å². The molecule has 7 nitrogen and oxygen atoms in total. The summed E-state index contributed by atoms with van der Waals surface area (Å²) in [5, 5.41) is 0. The van der Waals surface area contributed by atoms with Gasteiger partial charge in [0.2, 0.25) is 0 Å². The maximum absolute atomic E-state index is 12.0. The van der Waals surface area contributed by atoms with Crippen molar-refractivity contribution in [3.05, 3.63) is 0 Å². The molecule has 19 heavy (non-hydrogen) atoms. The van der Waals surface area contributed by atoms with E-state index < -0.39 is 39.3 Å². The predicted octanol–water partition coefficient (Wildman–Crippen LogP) is 0.193. The molecule has 0 aromatic rings. The lowest BCUT2D eigenvalue weighted by Crippen LogP contribution is -2.56. The van der Waals surface area contributed by atoms with E-state index in [0.29, 0.717) is 0 Å². The summed E-state index contributed by atoms with van der Waals surface area (Å²) < 4.78 is 32.8. The normalized spacial score (nSPS) is 22.7. The minimum absolute atomic E-state index is 0.0724. The van der Waals surface area contributed by atoms with Crippen molar-refractivity contribution in [1.29, 1.82) is 0 Å². The van der Waals surface area contributed by atoms with Gasteiger partial charge in [-0.15, -0.1) is 0 Å². The second-order valence-corrected chi connectivity index (χ2v) is 7.56. The van der Waals surface area contributed by atoms with Gasteiger partial charge in [-0.25, -0.2) is 18.0 Å². The third kappa shape index (κ3) is 4.38. The summed E-state index contributed by atoms with van der Waals surface area (Å²) in [6.45, 7) is 5.01. The number of carbonyl (C=O) groups is 2. The summed E-state index contributed by atoms with van der Waals surface area (Å²) in [6, 6.07) is -1.14. The molecule has 0 bridgehead atoms. The fourth-order valence-electron chi connectivity index (χ4n) is 1.68. The molecule has 1 atom stereocenters. The van der Waals surface area contributed by atoms with Crippen LogP contribution in [0.15, 0.2) is 0 Å². The molecule has 8 heteroatoms. The Kier molecular flexibility index (Phi) is 4.44. The first-order valence-corrected chi connectivity index (χ1v) is 7.66. The Hall–Kier alpha value is -1.31. The summed E-state index contributed by atoms with van der Waals surface area (Å²) >= 11 is 0. The lowest BCUT2D eigenvalue weighted by Gasteiger charge is -2.34. The number of hydrogen-bond donors (Lipinski definition) is 0. The van der Waals surface area contributed by atoms with E-state index in [9.17, 15) is 18.0 Å². The lowest BCUT2D eigenvalue weighted by atomic mass is 10.2. The summed E-state index contributed by atoms with van der Waals surface area (Å²) in [6.07, 6.45) is -0.710. The van der Waals surface area contributed by atoms with Crippen LogP contribution in [0.4, 0.5) is 4.79 Å². The average molecular weight is 293 g/mol. The van der Waals surface area contributed by atoms with Crippen molar-refractivity contribution in [3.8, 4) is 0 Å². The van der Waals surface area contributed by atoms with Gasteiger partial charge >= 0.3 is 12.1 Å². The Morgan fingerprint density at radius 1 is 1.26 bits per heavy atom. The number of methoxy groups -OCH3 is 1. The first kappa shape index (κ1) is 15.7. The van der Waals surface area contributed by atoms with E-state index >= 15 is 0 Å². The predicted molar refractivity (Wildman–Crippen MR) is 67.4 cm³/mol. The smallest absolute Gasteiger partial charge is 0.411 e. The van der Waals surface area contributed by atoms with Crippen LogP contribution in [-0.4, -0.2) is 62.2 Å². The SMILES string of the molecule is COC(=O)[C@@H]1CS(=O)(=O)CCN1C(=O)OC(C)(C)C. The number of ether oxygens (including phenoxy) is 2. The molecular weight excluding hydrogens is 274 g/mol. The van der Waals surface area contributed by atoms with Crippen LogP contribution in [0.1, 0.15) is 20.8 Å². The van der Waals surface area contributed by atoms with Crippen LogP contribution in [0.5, 0.6) is 0 Å². The second-order valence-electron chi connectivity index (χ2n) is 5.33. The van der Waals surface area contributed by atoms with Crippen LogP contribution >= 0.6 is 0 Å². The first-order valence-electron chi connectivity index (χ1n) is 5.83. The van der Waals surface area contributed by atoms with Gasteiger partial charge in [-0.1, -0.05) is 0 Å². The van der Waals surface area contributed by atoms with Gasteiger partial charge < -0.3 is 9.47 Å². The molecule has 1 rings (SSSR count). The van der Waals surface area contributed by atoms with E-state index in [2.05, 4.69) is 4.74 Å². The summed E-state index contributed by atoms with van der Waals surface area (Å²) in [4.78, 5) is 24.7. The van der Waals surface area contributed by atoms with Gasteiger partial charge in [0.25, 0.3) is 0 Å². The molecular formula is C11H19NO6S. The van der Waals surface area contributed by atoms with Gasteiger partial charge in [0, 0.05) is 6.54 Å². The van der Waals surface area contributed by atoms with Gasteiger partial charge in [-0.3, -0.25) is 4.90 Å². The van der Waals surface area contributed by atoms with Crippen LogP contribution in [0.2, 0.25) is 0 Å². The van der Waals surface area contributed by atoms with Crippen molar-refractivity contribution in [2.75, 3.05) is 25.2 Å². The monoisotopic (exact) mass is 293 g/mol. The number of carbonyl (C=O) groups excluding carboxylic acids is 2. The van der Waals surface area contributed by atoms with Crippen LogP contribution in [0, 0.1) is 0 Å². The Morgan fingerprint density at radius 2 is 1.84 bits per heavy atom. The Balaban J connectivity index is 2.91. The van der Waals surface area contributed by atoms with E-state index in [0.717, 1.165) is 12.0 Å². The minimum atomic E-state index is -3.35. The number of nitrogens with zero attached hydrogens (tertiary/aromatic N) is 1. The maximum Gasteiger partial charge on any atom is 0.411 e. The minimum Gasteiger partial charge on any atom is -0.467 e. The van der Waals surface area contributed by atoms with Crippen molar-refractivity contribution < 1.29 is 27.5 Å². The van der Waals surface area contributed by atoms with Crippen LogP contribution in [0.25, 0.3) is 0 Å². The zero-order valence-electron chi connectivity index (χ0n) is 11.5. The van der Waals surface area contributed by atoms with Crippen LogP contribution in [-0.2, 0) is 24.1 Å². The highest BCUT2D eigenvalue weighted by molar-refractivity contribution is 7.91. The third-order valence-electron chi connectivity index (χ3n) is 2.53. The molecule has 0 aromatic carbocycles. The van der Waals surface area contributed by atoms with Crippen molar-refractivity contribution in [3.63, 3.8) is 0 Å². The number of sulfone groups is 1. The third-order valence-corrected chi connectivity index (χ3v) is 4.16. The topological polar surface area (TPSA) is 90.0 Å². The molecule has 1 aliphatic rings. The van der Waals surface area contributed by atoms with Gasteiger partial charge in [0.05, 0.1) is 18.6 Å². The fraction of sp³-hybridized carbons (Fsp3) is 0.818. The molecule has 0 aliphatic carbocycles. The average Bonchev–Trinajstić information content (AvgIpc) is 2.24. The van der Waals surface area contributed by atoms with Crippen molar-refractivity contribution in [2.45, 2.75) is 32.4 Å². The van der Waals surface area contributed by atoms with E-state index in [1.54, 1.807) is 20.8 Å². The lowest BCUT2D eigenvalue weighted by molar-refractivity contribution is -0.146.